The SMILES string of the molecule is Nc1ncnc2c1ncn2[C@@]1(I)C[C@H](O)[C@@H](CO)O1. The van der Waals surface area contributed by atoms with Crippen LogP contribution in [0.5, 0.6) is 0 Å². The fourth-order valence-electron chi connectivity index (χ4n) is 2.16. The van der Waals surface area contributed by atoms with Crippen molar-refractivity contribution in [3.8, 4) is 0 Å². The van der Waals surface area contributed by atoms with E-state index in [1.54, 1.807) is 10.9 Å². The van der Waals surface area contributed by atoms with Gasteiger partial charge in [-0.2, -0.15) is 0 Å². The van der Waals surface area contributed by atoms with Crippen LogP contribution in [0, 0.1) is 0 Å². The van der Waals surface area contributed by atoms with Crippen molar-refractivity contribution in [1.29, 1.82) is 0 Å². The third-order valence-electron chi connectivity index (χ3n) is 3.12. The number of alkyl halides is 1. The summed E-state index contributed by atoms with van der Waals surface area (Å²) in [7, 11) is 0. The lowest BCUT2D eigenvalue weighted by Gasteiger charge is -2.23. The molecule has 3 heterocycles. The zero-order valence-corrected chi connectivity index (χ0v) is 11.9. The van der Waals surface area contributed by atoms with E-state index in [4.69, 9.17) is 15.6 Å². The summed E-state index contributed by atoms with van der Waals surface area (Å²) >= 11 is 2.07. The number of nitrogens with two attached hydrogens (primary N) is 1. The number of fused-ring (bicyclic) bond motifs is 1. The maximum Gasteiger partial charge on any atom is 0.202 e. The van der Waals surface area contributed by atoms with E-state index < -0.39 is 15.9 Å². The normalized spacial score (nSPS) is 31.1. The van der Waals surface area contributed by atoms with Gasteiger partial charge in [0.2, 0.25) is 3.73 Å². The Morgan fingerprint density at radius 2 is 2.32 bits per heavy atom. The highest BCUT2D eigenvalue weighted by Gasteiger charge is 2.46. The van der Waals surface area contributed by atoms with Gasteiger partial charge in [-0.25, -0.2) is 15.0 Å². The molecule has 2 aromatic heterocycles. The minimum Gasteiger partial charge on any atom is -0.394 e. The number of hydrogen-bond donors (Lipinski definition) is 3. The molecule has 2 aromatic rings. The van der Waals surface area contributed by atoms with Crippen LogP contribution in [0.2, 0.25) is 0 Å². The van der Waals surface area contributed by atoms with Gasteiger partial charge in [0.1, 0.15) is 24.3 Å². The summed E-state index contributed by atoms with van der Waals surface area (Å²) in [6.07, 6.45) is 1.88. The van der Waals surface area contributed by atoms with Gasteiger partial charge in [-0.1, -0.05) is 0 Å². The number of ether oxygens (including phenoxy) is 1. The van der Waals surface area contributed by atoms with Crippen molar-refractivity contribution in [1.82, 2.24) is 19.5 Å². The molecule has 0 amide bonds. The molecule has 1 fully saturated rings. The Hall–Kier alpha value is -1.04. The smallest absolute Gasteiger partial charge is 0.202 e. The molecule has 1 aliphatic heterocycles. The van der Waals surface area contributed by atoms with Crippen LogP contribution in [-0.2, 0) is 8.47 Å². The van der Waals surface area contributed by atoms with Crippen LogP contribution < -0.4 is 5.73 Å². The van der Waals surface area contributed by atoms with Gasteiger partial charge in [0.25, 0.3) is 0 Å². The summed E-state index contributed by atoms with van der Waals surface area (Å²) in [5, 5.41) is 19.0. The fourth-order valence-corrected chi connectivity index (χ4v) is 3.29. The molecule has 8 nitrogen and oxygen atoms in total. The van der Waals surface area contributed by atoms with Crippen LogP contribution in [0.25, 0.3) is 11.2 Å². The molecule has 1 saturated heterocycles. The summed E-state index contributed by atoms with van der Waals surface area (Å²) < 4.78 is 6.56. The standard InChI is InChI=1S/C10H12IN5O3/c11-10(1-5(18)6(2-17)19-10)16-4-15-7-8(12)13-3-14-9(7)16/h3-6,17-18H,1-2H2,(H2,12,13,14)/t5-,6+,10-/m0/s1. The van der Waals surface area contributed by atoms with Crippen molar-refractivity contribution in [2.24, 2.45) is 0 Å². The molecule has 9 heteroatoms. The molecule has 0 bridgehead atoms. The van der Waals surface area contributed by atoms with Crippen molar-refractivity contribution in [3.63, 3.8) is 0 Å². The second-order valence-corrected chi connectivity index (χ2v) is 6.03. The first-order valence-electron chi connectivity index (χ1n) is 5.65. The molecule has 0 unspecified atom stereocenters. The molecule has 19 heavy (non-hydrogen) atoms. The summed E-state index contributed by atoms with van der Waals surface area (Å²) in [4.78, 5) is 12.2. The Balaban J connectivity index is 2.08. The van der Waals surface area contributed by atoms with Crippen molar-refractivity contribution < 1.29 is 14.9 Å². The van der Waals surface area contributed by atoms with E-state index >= 15 is 0 Å². The first-order valence-corrected chi connectivity index (χ1v) is 6.72. The van der Waals surface area contributed by atoms with E-state index in [0.717, 1.165) is 0 Å². The average molecular weight is 377 g/mol. The number of anilines is 1. The lowest BCUT2D eigenvalue weighted by atomic mass is 10.2. The van der Waals surface area contributed by atoms with Crippen LogP contribution >= 0.6 is 22.6 Å². The monoisotopic (exact) mass is 377 g/mol. The summed E-state index contributed by atoms with van der Waals surface area (Å²) in [6.45, 7) is -0.240. The Labute approximate surface area is 121 Å². The zero-order valence-electron chi connectivity index (χ0n) is 9.77. The van der Waals surface area contributed by atoms with Gasteiger partial charge in [0, 0.05) is 6.42 Å². The van der Waals surface area contributed by atoms with Crippen molar-refractivity contribution in [3.05, 3.63) is 12.7 Å². The Kier molecular flexibility index (Phi) is 3.08. The first kappa shape index (κ1) is 13.0. The zero-order chi connectivity index (χ0) is 13.6. The molecule has 3 rings (SSSR count). The minimum absolute atomic E-state index is 0.240. The average Bonchev–Trinajstić information content (AvgIpc) is 2.92. The molecule has 0 spiro atoms. The first-order chi connectivity index (χ1) is 9.05. The Morgan fingerprint density at radius 1 is 1.53 bits per heavy atom. The van der Waals surface area contributed by atoms with E-state index in [1.807, 2.05) is 0 Å². The highest BCUT2D eigenvalue weighted by Crippen LogP contribution is 2.42. The molecule has 0 saturated carbocycles. The Morgan fingerprint density at radius 3 is 3.00 bits per heavy atom. The molecule has 0 aromatic carbocycles. The Bertz CT molecular complexity index is 620. The summed E-state index contributed by atoms with van der Waals surface area (Å²) in [5.74, 6) is 0.293. The van der Waals surface area contributed by atoms with Gasteiger partial charge in [-0.15, -0.1) is 0 Å². The molecular formula is C10H12IN5O3. The van der Waals surface area contributed by atoms with E-state index in [0.29, 0.717) is 23.4 Å². The number of hydrogen-bond acceptors (Lipinski definition) is 7. The van der Waals surface area contributed by atoms with Gasteiger partial charge in [0.05, 0.1) is 12.7 Å². The van der Waals surface area contributed by atoms with E-state index in [2.05, 4.69) is 37.5 Å². The van der Waals surface area contributed by atoms with Crippen LogP contribution in [-0.4, -0.2) is 48.5 Å². The highest BCUT2D eigenvalue weighted by atomic mass is 127. The van der Waals surface area contributed by atoms with Crippen molar-refractivity contribution >= 4 is 39.6 Å². The number of aromatic nitrogens is 4. The van der Waals surface area contributed by atoms with Gasteiger partial charge in [0.15, 0.2) is 11.5 Å². The van der Waals surface area contributed by atoms with E-state index in [9.17, 15) is 5.11 Å². The van der Waals surface area contributed by atoms with Gasteiger partial charge in [-0.05, 0) is 22.6 Å². The highest BCUT2D eigenvalue weighted by molar-refractivity contribution is 14.1. The number of aliphatic hydroxyl groups excluding tert-OH is 2. The molecule has 1 aliphatic rings. The lowest BCUT2D eigenvalue weighted by Crippen LogP contribution is -2.27. The fraction of sp³-hybridized carbons (Fsp3) is 0.500. The second kappa shape index (κ2) is 4.51. The maximum absolute atomic E-state index is 9.87. The van der Waals surface area contributed by atoms with Crippen LogP contribution in [0.15, 0.2) is 12.7 Å². The third-order valence-corrected chi connectivity index (χ3v) is 4.34. The summed E-state index contributed by atoms with van der Waals surface area (Å²) in [5.41, 5.74) is 6.76. The molecule has 3 atom stereocenters. The van der Waals surface area contributed by atoms with Crippen LogP contribution in [0.4, 0.5) is 5.82 Å². The molecule has 0 radical (unpaired) electrons. The third kappa shape index (κ3) is 1.96. The number of imidazole rings is 1. The molecule has 0 aliphatic carbocycles. The van der Waals surface area contributed by atoms with E-state index in [-0.39, 0.29) is 6.61 Å². The van der Waals surface area contributed by atoms with Gasteiger partial charge in [-0.3, -0.25) is 4.57 Å². The second-order valence-electron chi connectivity index (χ2n) is 4.35. The van der Waals surface area contributed by atoms with E-state index in [1.165, 1.54) is 6.33 Å². The number of rotatable bonds is 2. The van der Waals surface area contributed by atoms with Crippen LogP contribution in [0.3, 0.4) is 0 Å². The van der Waals surface area contributed by atoms with Crippen molar-refractivity contribution in [2.75, 3.05) is 12.3 Å². The molecule has 102 valence electrons. The summed E-state index contributed by atoms with van der Waals surface area (Å²) in [6, 6.07) is 0. The maximum atomic E-state index is 9.87. The topological polar surface area (TPSA) is 119 Å². The molecular weight excluding hydrogens is 365 g/mol. The number of nitrogens with zero attached hydrogens (tertiary/aromatic N) is 4. The molecule has 4 N–H and O–H groups in total. The largest absolute Gasteiger partial charge is 0.394 e. The van der Waals surface area contributed by atoms with Crippen LogP contribution in [0.1, 0.15) is 6.42 Å². The number of aliphatic hydroxyl groups is 2. The predicted octanol–water partition coefficient (Wildman–Crippen LogP) is -0.404. The number of nitrogen functional groups attached to an aromatic ring is 1. The van der Waals surface area contributed by atoms with Gasteiger partial charge >= 0.3 is 0 Å². The minimum atomic E-state index is -0.847. The quantitative estimate of drug-likeness (QED) is 0.481. The lowest BCUT2D eigenvalue weighted by molar-refractivity contribution is -0.0523. The predicted molar refractivity (Wildman–Crippen MR) is 74.3 cm³/mol. The van der Waals surface area contributed by atoms with Crippen molar-refractivity contribution in [2.45, 2.75) is 22.4 Å². The number of halogens is 1. The van der Waals surface area contributed by atoms with Gasteiger partial charge < -0.3 is 20.7 Å².